The fourth-order valence-electron chi connectivity index (χ4n) is 2.44. The van der Waals surface area contributed by atoms with Crippen LogP contribution < -0.4 is 10.1 Å². The molecule has 0 fully saturated rings. The number of aliphatic hydroxyl groups is 1. The van der Waals surface area contributed by atoms with E-state index in [4.69, 9.17) is 4.74 Å². The minimum Gasteiger partial charge on any atom is -0.494 e. The van der Waals surface area contributed by atoms with Crippen molar-refractivity contribution in [3.05, 3.63) is 65.7 Å². The lowest BCUT2D eigenvalue weighted by molar-refractivity contribution is -0.122. The zero-order valence-corrected chi connectivity index (χ0v) is 14.3. The van der Waals surface area contributed by atoms with E-state index < -0.39 is 5.60 Å². The molecule has 2 aromatic carbocycles. The maximum Gasteiger partial charge on any atom is 0.220 e. The number of benzene rings is 2. The molecule has 1 atom stereocenters. The van der Waals surface area contributed by atoms with Gasteiger partial charge in [0.15, 0.2) is 0 Å². The van der Waals surface area contributed by atoms with Gasteiger partial charge in [0.2, 0.25) is 5.91 Å². The van der Waals surface area contributed by atoms with Gasteiger partial charge in [-0.1, -0.05) is 42.5 Å². The zero-order valence-electron chi connectivity index (χ0n) is 14.3. The van der Waals surface area contributed by atoms with E-state index in [-0.39, 0.29) is 12.5 Å². The third kappa shape index (κ3) is 5.39. The normalized spacial score (nSPS) is 13.1. The highest BCUT2D eigenvalue weighted by Crippen LogP contribution is 2.19. The molecule has 0 aliphatic carbocycles. The summed E-state index contributed by atoms with van der Waals surface area (Å²) < 4.78 is 5.40. The summed E-state index contributed by atoms with van der Waals surface area (Å²) in [5, 5.41) is 13.3. The van der Waals surface area contributed by atoms with Gasteiger partial charge in [0.05, 0.1) is 13.2 Å². The standard InChI is InChI=1S/C20H25NO3/c1-3-24-18-12-9-16(10-13-18)11-14-19(22)21-15-20(2,23)17-7-5-4-6-8-17/h4-10,12-13,23H,3,11,14-15H2,1-2H3,(H,21,22). The number of nitrogens with one attached hydrogen (secondary N) is 1. The molecule has 4 nitrogen and oxygen atoms in total. The van der Waals surface area contributed by atoms with Crippen LogP contribution in [-0.4, -0.2) is 24.2 Å². The summed E-state index contributed by atoms with van der Waals surface area (Å²) >= 11 is 0. The smallest absolute Gasteiger partial charge is 0.220 e. The lowest BCUT2D eigenvalue weighted by Gasteiger charge is -2.24. The monoisotopic (exact) mass is 327 g/mol. The van der Waals surface area contributed by atoms with Crippen molar-refractivity contribution in [3.8, 4) is 5.75 Å². The van der Waals surface area contributed by atoms with Gasteiger partial charge in [0.1, 0.15) is 11.4 Å². The van der Waals surface area contributed by atoms with Crippen LogP contribution in [-0.2, 0) is 16.8 Å². The highest BCUT2D eigenvalue weighted by Gasteiger charge is 2.23. The summed E-state index contributed by atoms with van der Waals surface area (Å²) in [7, 11) is 0. The van der Waals surface area contributed by atoms with Gasteiger partial charge in [-0.2, -0.15) is 0 Å². The van der Waals surface area contributed by atoms with Gasteiger partial charge in [-0.15, -0.1) is 0 Å². The Morgan fingerprint density at radius 2 is 1.79 bits per heavy atom. The molecular weight excluding hydrogens is 302 g/mol. The van der Waals surface area contributed by atoms with Crippen LogP contribution in [0.1, 0.15) is 31.4 Å². The largest absolute Gasteiger partial charge is 0.494 e. The molecule has 0 radical (unpaired) electrons. The molecule has 0 bridgehead atoms. The predicted octanol–water partition coefficient (Wildman–Crippen LogP) is 3.04. The van der Waals surface area contributed by atoms with Crippen molar-refractivity contribution in [1.82, 2.24) is 5.32 Å². The van der Waals surface area contributed by atoms with Crippen LogP contribution in [0.5, 0.6) is 5.75 Å². The molecule has 2 N–H and O–H groups in total. The van der Waals surface area contributed by atoms with Crippen LogP contribution in [0, 0.1) is 0 Å². The van der Waals surface area contributed by atoms with Gasteiger partial charge in [0, 0.05) is 6.42 Å². The molecule has 2 rings (SSSR count). The molecule has 0 heterocycles. The molecule has 128 valence electrons. The van der Waals surface area contributed by atoms with Gasteiger partial charge in [0.25, 0.3) is 0 Å². The summed E-state index contributed by atoms with van der Waals surface area (Å²) in [6.45, 7) is 4.49. The second-order valence-electron chi connectivity index (χ2n) is 5.99. The number of rotatable bonds is 8. The molecule has 0 saturated carbocycles. The number of hydrogen-bond acceptors (Lipinski definition) is 3. The van der Waals surface area contributed by atoms with E-state index in [1.165, 1.54) is 0 Å². The molecule has 24 heavy (non-hydrogen) atoms. The Kier molecular flexibility index (Phi) is 6.38. The van der Waals surface area contributed by atoms with E-state index in [9.17, 15) is 9.90 Å². The van der Waals surface area contributed by atoms with Crippen LogP contribution >= 0.6 is 0 Å². The highest BCUT2D eigenvalue weighted by molar-refractivity contribution is 5.76. The van der Waals surface area contributed by atoms with E-state index in [0.29, 0.717) is 19.4 Å². The Labute approximate surface area is 143 Å². The maximum absolute atomic E-state index is 12.0. The van der Waals surface area contributed by atoms with E-state index in [2.05, 4.69) is 5.32 Å². The molecule has 0 aliphatic heterocycles. The van der Waals surface area contributed by atoms with Crippen molar-refractivity contribution in [2.45, 2.75) is 32.3 Å². The molecule has 0 spiro atoms. The Morgan fingerprint density at radius 1 is 1.12 bits per heavy atom. The maximum atomic E-state index is 12.0. The molecule has 1 unspecified atom stereocenters. The van der Waals surface area contributed by atoms with Crippen LogP contribution in [0.4, 0.5) is 0 Å². The molecule has 4 heteroatoms. The topological polar surface area (TPSA) is 58.6 Å². The zero-order chi connectivity index (χ0) is 17.4. The Hall–Kier alpha value is -2.33. The molecule has 0 saturated heterocycles. The van der Waals surface area contributed by atoms with Crippen LogP contribution in [0.15, 0.2) is 54.6 Å². The first-order valence-corrected chi connectivity index (χ1v) is 8.27. The van der Waals surface area contributed by atoms with E-state index in [1.807, 2.05) is 61.5 Å². The Bertz CT molecular complexity index is 636. The minimum absolute atomic E-state index is 0.0694. The number of carbonyl (C=O) groups is 1. The SMILES string of the molecule is CCOc1ccc(CCC(=O)NCC(C)(O)c2ccccc2)cc1. The molecule has 0 aromatic heterocycles. The average Bonchev–Trinajstić information content (AvgIpc) is 2.60. The van der Waals surface area contributed by atoms with Gasteiger partial charge in [-0.05, 0) is 43.5 Å². The first kappa shape index (κ1) is 18.0. The summed E-state index contributed by atoms with van der Waals surface area (Å²) in [6.07, 6.45) is 1.05. The van der Waals surface area contributed by atoms with Crippen molar-refractivity contribution >= 4 is 5.91 Å². The number of carbonyl (C=O) groups excluding carboxylic acids is 1. The number of aryl methyl sites for hydroxylation is 1. The first-order chi connectivity index (χ1) is 11.5. The van der Waals surface area contributed by atoms with E-state index in [0.717, 1.165) is 16.9 Å². The average molecular weight is 327 g/mol. The lowest BCUT2D eigenvalue weighted by atomic mass is 9.96. The molecule has 0 aliphatic rings. The number of hydrogen-bond donors (Lipinski definition) is 2. The first-order valence-electron chi connectivity index (χ1n) is 8.27. The van der Waals surface area contributed by atoms with Gasteiger partial charge in [-0.25, -0.2) is 0 Å². The summed E-state index contributed by atoms with van der Waals surface area (Å²) in [5.74, 6) is 0.768. The molecular formula is C20H25NO3. The van der Waals surface area contributed by atoms with Crippen LogP contribution in [0.3, 0.4) is 0 Å². The quantitative estimate of drug-likeness (QED) is 0.783. The summed E-state index contributed by atoms with van der Waals surface area (Å²) in [5.41, 5.74) is 0.802. The van der Waals surface area contributed by atoms with Crippen molar-refractivity contribution < 1.29 is 14.6 Å². The Morgan fingerprint density at radius 3 is 2.42 bits per heavy atom. The van der Waals surface area contributed by atoms with Gasteiger partial charge >= 0.3 is 0 Å². The number of amides is 1. The summed E-state index contributed by atoms with van der Waals surface area (Å²) in [4.78, 5) is 12.0. The van der Waals surface area contributed by atoms with Crippen LogP contribution in [0.25, 0.3) is 0 Å². The van der Waals surface area contributed by atoms with Crippen molar-refractivity contribution in [3.63, 3.8) is 0 Å². The lowest BCUT2D eigenvalue weighted by Crippen LogP contribution is -2.38. The molecule has 1 amide bonds. The fourth-order valence-corrected chi connectivity index (χ4v) is 2.44. The predicted molar refractivity (Wildman–Crippen MR) is 95.0 cm³/mol. The number of ether oxygens (including phenoxy) is 1. The summed E-state index contributed by atoms with van der Waals surface area (Å²) in [6, 6.07) is 17.1. The van der Waals surface area contributed by atoms with Crippen LogP contribution in [0.2, 0.25) is 0 Å². The third-order valence-electron chi connectivity index (χ3n) is 3.90. The van der Waals surface area contributed by atoms with Crippen molar-refractivity contribution in [1.29, 1.82) is 0 Å². The fraction of sp³-hybridized carbons (Fsp3) is 0.350. The third-order valence-corrected chi connectivity index (χ3v) is 3.90. The Balaban J connectivity index is 1.79. The van der Waals surface area contributed by atoms with Gasteiger partial charge < -0.3 is 15.2 Å². The van der Waals surface area contributed by atoms with Gasteiger partial charge in [-0.3, -0.25) is 4.79 Å². The minimum atomic E-state index is -1.07. The van der Waals surface area contributed by atoms with Crippen molar-refractivity contribution in [2.75, 3.05) is 13.2 Å². The second kappa shape index (κ2) is 8.50. The van der Waals surface area contributed by atoms with E-state index in [1.54, 1.807) is 6.92 Å². The second-order valence-corrected chi connectivity index (χ2v) is 5.99. The van der Waals surface area contributed by atoms with Crippen molar-refractivity contribution in [2.24, 2.45) is 0 Å². The molecule has 2 aromatic rings. The van der Waals surface area contributed by atoms with E-state index >= 15 is 0 Å². The highest BCUT2D eigenvalue weighted by atomic mass is 16.5.